The lowest BCUT2D eigenvalue weighted by Crippen LogP contribution is -2.03. The Bertz CT molecular complexity index is 129. The first-order chi connectivity index (χ1) is 7.56. The molecule has 0 unspecified atom stereocenters. The van der Waals surface area contributed by atoms with Crippen LogP contribution in [0, 0.1) is 11.8 Å². The molecule has 0 saturated heterocycles. The zero-order chi connectivity index (χ0) is 12.3. The highest BCUT2D eigenvalue weighted by atomic mass is 14.1. The molecule has 0 spiro atoms. The first kappa shape index (κ1) is 16.0. The van der Waals surface area contributed by atoms with Crippen LogP contribution in [0.15, 0.2) is 0 Å². The molecule has 97 valence electrons. The van der Waals surface area contributed by atoms with Gasteiger partial charge in [0.05, 0.1) is 0 Å². The van der Waals surface area contributed by atoms with Gasteiger partial charge in [0.2, 0.25) is 0 Å². The summed E-state index contributed by atoms with van der Waals surface area (Å²) in [5.74, 6) is 0. The van der Waals surface area contributed by atoms with Gasteiger partial charge in [-0.1, -0.05) is 85.5 Å². The molecule has 0 aliphatic heterocycles. The fourth-order valence-corrected chi connectivity index (χ4v) is 1.97. The Morgan fingerprint density at radius 2 is 1.31 bits per heavy atom. The maximum absolute atomic E-state index is 2.48. The van der Waals surface area contributed by atoms with Crippen molar-refractivity contribution in [3.63, 3.8) is 0 Å². The third-order valence-electron chi connectivity index (χ3n) is 3.10. The van der Waals surface area contributed by atoms with Gasteiger partial charge in [0.25, 0.3) is 0 Å². The summed E-state index contributed by atoms with van der Waals surface area (Å²) in [6.07, 6.45) is 16.4. The minimum absolute atomic E-state index is 0.536. The summed E-state index contributed by atoms with van der Waals surface area (Å²) >= 11 is 0. The van der Waals surface area contributed by atoms with Crippen molar-refractivity contribution >= 4 is 0 Å². The van der Waals surface area contributed by atoms with Gasteiger partial charge in [0.1, 0.15) is 0 Å². The lowest BCUT2D eigenvalue weighted by Gasteiger charge is -2.17. The van der Waals surface area contributed by atoms with E-state index in [1.165, 1.54) is 64.2 Å². The number of hydrogen-bond acceptors (Lipinski definition) is 0. The fraction of sp³-hybridized carbons (Fsp3) is 0.938. The van der Waals surface area contributed by atoms with Gasteiger partial charge in [-0.2, -0.15) is 0 Å². The number of rotatable bonds is 10. The molecule has 0 aromatic heterocycles. The monoisotopic (exact) mass is 225 g/mol. The molecule has 0 saturated carbocycles. The third-order valence-corrected chi connectivity index (χ3v) is 3.10. The van der Waals surface area contributed by atoms with Crippen molar-refractivity contribution in [3.8, 4) is 0 Å². The highest BCUT2D eigenvalue weighted by Gasteiger charge is 2.08. The highest BCUT2D eigenvalue weighted by Crippen LogP contribution is 2.22. The standard InChI is InChI=1S/C16H33/c1-5-6-7-8-9-10-11-12-13-14-15-16(2,3)4/h8H,5-7,9-15H2,1-4H3. The van der Waals surface area contributed by atoms with E-state index in [9.17, 15) is 0 Å². The lowest BCUT2D eigenvalue weighted by molar-refractivity contribution is 0.356. The van der Waals surface area contributed by atoms with E-state index in [2.05, 4.69) is 34.1 Å². The maximum atomic E-state index is 2.48. The average molecular weight is 225 g/mol. The van der Waals surface area contributed by atoms with Crippen molar-refractivity contribution in [1.82, 2.24) is 0 Å². The largest absolute Gasteiger partial charge is 0.0654 e. The van der Waals surface area contributed by atoms with Crippen molar-refractivity contribution in [2.24, 2.45) is 5.41 Å². The molecule has 0 bridgehead atoms. The zero-order valence-corrected chi connectivity index (χ0v) is 12.1. The van der Waals surface area contributed by atoms with Gasteiger partial charge in [0, 0.05) is 0 Å². The van der Waals surface area contributed by atoms with E-state index in [0.29, 0.717) is 5.41 Å². The Balaban J connectivity index is 2.99. The summed E-state index contributed by atoms with van der Waals surface area (Å²) < 4.78 is 0. The van der Waals surface area contributed by atoms with Crippen LogP contribution >= 0.6 is 0 Å². The SMILES string of the molecule is CCCC[CH]CCCCCCCC(C)(C)C. The van der Waals surface area contributed by atoms with Crippen LogP contribution < -0.4 is 0 Å². The van der Waals surface area contributed by atoms with E-state index in [1.54, 1.807) is 0 Å². The molecule has 0 N–H and O–H groups in total. The third kappa shape index (κ3) is 14.0. The normalized spacial score (nSPS) is 12.0. The van der Waals surface area contributed by atoms with Gasteiger partial charge in [-0.3, -0.25) is 0 Å². The second kappa shape index (κ2) is 10.2. The second-order valence-corrected chi connectivity index (χ2v) is 6.30. The van der Waals surface area contributed by atoms with Crippen LogP contribution in [-0.2, 0) is 0 Å². The molecule has 16 heavy (non-hydrogen) atoms. The Hall–Kier alpha value is 0. The molecule has 0 atom stereocenters. The molecular formula is C16H33. The Morgan fingerprint density at radius 1 is 0.750 bits per heavy atom. The smallest absolute Gasteiger partial charge is 0.0383 e. The molecule has 1 radical (unpaired) electrons. The average Bonchev–Trinajstić information content (AvgIpc) is 2.19. The maximum Gasteiger partial charge on any atom is -0.0383 e. The number of unbranched alkanes of at least 4 members (excludes halogenated alkanes) is 9. The minimum atomic E-state index is 0.536. The summed E-state index contributed by atoms with van der Waals surface area (Å²) in [7, 11) is 0. The molecule has 0 aromatic rings. The molecular weight excluding hydrogens is 192 g/mol. The van der Waals surface area contributed by atoms with Crippen LogP contribution in [0.2, 0.25) is 0 Å². The van der Waals surface area contributed by atoms with Crippen LogP contribution in [0.25, 0.3) is 0 Å². The van der Waals surface area contributed by atoms with E-state index < -0.39 is 0 Å². The van der Waals surface area contributed by atoms with E-state index >= 15 is 0 Å². The van der Waals surface area contributed by atoms with Gasteiger partial charge in [-0.25, -0.2) is 0 Å². The minimum Gasteiger partial charge on any atom is -0.0654 e. The van der Waals surface area contributed by atoms with Crippen LogP contribution in [-0.4, -0.2) is 0 Å². The molecule has 0 aliphatic carbocycles. The topological polar surface area (TPSA) is 0 Å². The molecule has 0 rings (SSSR count). The van der Waals surface area contributed by atoms with Gasteiger partial charge in [-0.15, -0.1) is 0 Å². The zero-order valence-electron chi connectivity index (χ0n) is 12.1. The lowest BCUT2D eigenvalue weighted by atomic mass is 9.89. The summed E-state index contributed by atoms with van der Waals surface area (Å²) in [6, 6.07) is 0. The van der Waals surface area contributed by atoms with E-state index in [4.69, 9.17) is 0 Å². The first-order valence-corrected chi connectivity index (χ1v) is 7.38. The Labute approximate surface area is 104 Å². The molecule has 0 fully saturated rings. The highest BCUT2D eigenvalue weighted by molar-refractivity contribution is 4.64. The quantitative estimate of drug-likeness (QED) is 0.391. The van der Waals surface area contributed by atoms with Gasteiger partial charge < -0.3 is 0 Å². The first-order valence-electron chi connectivity index (χ1n) is 7.38. The molecule has 0 aromatic carbocycles. The van der Waals surface area contributed by atoms with Crippen molar-refractivity contribution in [2.45, 2.75) is 91.9 Å². The summed E-state index contributed by atoms with van der Waals surface area (Å²) in [6.45, 7) is 9.30. The van der Waals surface area contributed by atoms with Gasteiger partial charge in [0.15, 0.2) is 0 Å². The van der Waals surface area contributed by atoms with Crippen molar-refractivity contribution in [3.05, 3.63) is 6.42 Å². The predicted octanol–water partition coefficient (Wildman–Crippen LogP) is 6.16. The molecule has 0 nitrogen and oxygen atoms in total. The predicted molar refractivity (Wildman–Crippen MR) is 75.6 cm³/mol. The van der Waals surface area contributed by atoms with E-state index in [0.717, 1.165) is 0 Å². The van der Waals surface area contributed by atoms with Crippen molar-refractivity contribution in [1.29, 1.82) is 0 Å². The van der Waals surface area contributed by atoms with Crippen LogP contribution in [0.4, 0.5) is 0 Å². The fourth-order valence-electron chi connectivity index (χ4n) is 1.97. The van der Waals surface area contributed by atoms with Gasteiger partial charge in [-0.05, 0) is 18.3 Å². The summed E-state index contributed by atoms with van der Waals surface area (Å²) in [5.41, 5.74) is 0.536. The number of hydrogen-bond donors (Lipinski definition) is 0. The summed E-state index contributed by atoms with van der Waals surface area (Å²) in [5, 5.41) is 0. The van der Waals surface area contributed by atoms with Crippen LogP contribution in [0.5, 0.6) is 0 Å². The molecule has 0 aliphatic rings. The second-order valence-electron chi connectivity index (χ2n) is 6.30. The van der Waals surface area contributed by atoms with E-state index in [1.807, 2.05) is 0 Å². The molecule has 0 heterocycles. The van der Waals surface area contributed by atoms with Gasteiger partial charge >= 0.3 is 0 Å². The van der Waals surface area contributed by atoms with Crippen molar-refractivity contribution < 1.29 is 0 Å². The molecule has 0 heteroatoms. The molecule has 0 amide bonds. The van der Waals surface area contributed by atoms with Crippen molar-refractivity contribution in [2.75, 3.05) is 0 Å². The Kier molecular flexibility index (Phi) is 10.2. The Morgan fingerprint density at radius 3 is 1.94 bits per heavy atom. The van der Waals surface area contributed by atoms with Crippen LogP contribution in [0.3, 0.4) is 0 Å². The van der Waals surface area contributed by atoms with E-state index in [-0.39, 0.29) is 0 Å². The van der Waals surface area contributed by atoms with Crippen LogP contribution in [0.1, 0.15) is 91.9 Å². The summed E-state index contributed by atoms with van der Waals surface area (Å²) in [4.78, 5) is 0.